The van der Waals surface area contributed by atoms with Crippen LogP contribution in [0, 0.1) is 13.8 Å². The molecule has 7 heteroatoms. The zero-order valence-electron chi connectivity index (χ0n) is 14.9. The Morgan fingerprint density at radius 1 is 1.31 bits per heavy atom. The quantitative estimate of drug-likeness (QED) is 0.606. The normalized spacial score (nSPS) is 10.8. The Labute approximate surface area is 161 Å². The van der Waals surface area contributed by atoms with Gasteiger partial charge in [-0.25, -0.2) is 9.78 Å². The third-order valence-corrected chi connectivity index (χ3v) is 5.25. The molecule has 0 aliphatic rings. The summed E-state index contributed by atoms with van der Waals surface area (Å²) in [5.41, 5.74) is 2.39. The zero-order valence-corrected chi connectivity index (χ0v) is 16.4. The van der Waals surface area contributed by atoms with Crippen LogP contribution in [-0.4, -0.2) is 22.5 Å². The van der Waals surface area contributed by atoms with Crippen LogP contribution in [0.1, 0.15) is 23.3 Å². The number of carbonyl (C=O) groups is 1. The fraction of sp³-hybridized carbons (Fsp3) is 0.263. The molecule has 136 valence electrons. The van der Waals surface area contributed by atoms with Gasteiger partial charge in [0.15, 0.2) is 0 Å². The monoisotopic (exact) mass is 389 g/mol. The highest BCUT2D eigenvalue weighted by Crippen LogP contribution is 2.25. The second-order valence-corrected chi connectivity index (χ2v) is 7.69. The number of hydrogen-bond acceptors (Lipinski definition) is 4. The lowest BCUT2D eigenvalue weighted by Gasteiger charge is -2.20. The number of thiophene rings is 1. The first kappa shape index (κ1) is 18.5. The summed E-state index contributed by atoms with van der Waals surface area (Å²) in [5.74, 6) is 1.35. The summed E-state index contributed by atoms with van der Waals surface area (Å²) in [6, 6.07) is 11.1. The number of nitrogens with one attached hydrogen (secondary N) is 1. The van der Waals surface area contributed by atoms with Crippen molar-refractivity contribution < 1.29 is 9.21 Å². The molecule has 0 atom stereocenters. The average Bonchev–Trinajstić information content (AvgIpc) is 3.18. The summed E-state index contributed by atoms with van der Waals surface area (Å²) < 4.78 is 6.39. The second kappa shape index (κ2) is 7.93. The number of carbonyl (C=O) groups excluding carboxylic acids is 1. The van der Waals surface area contributed by atoms with Crippen LogP contribution in [0.5, 0.6) is 0 Å². The SMILES string of the molecule is CCN(Cc1ccc(Cl)s1)C(=O)Nc1cccc(-c2nc(C)c(C)o2)c1. The molecule has 2 amide bonds. The zero-order chi connectivity index (χ0) is 18.7. The molecule has 0 saturated heterocycles. The minimum atomic E-state index is -0.158. The molecule has 1 N–H and O–H groups in total. The summed E-state index contributed by atoms with van der Waals surface area (Å²) in [6.07, 6.45) is 0. The molecule has 0 aliphatic carbocycles. The van der Waals surface area contributed by atoms with Crippen LogP contribution in [0.2, 0.25) is 4.34 Å². The number of rotatable bonds is 5. The van der Waals surface area contributed by atoms with E-state index in [9.17, 15) is 4.79 Å². The van der Waals surface area contributed by atoms with E-state index in [-0.39, 0.29) is 6.03 Å². The van der Waals surface area contributed by atoms with Crippen LogP contribution in [0.25, 0.3) is 11.5 Å². The topological polar surface area (TPSA) is 58.4 Å². The highest BCUT2D eigenvalue weighted by molar-refractivity contribution is 7.16. The third kappa shape index (κ3) is 4.26. The van der Waals surface area contributed by atoms with Gasteiger partial charge in [0.1, 0.15) is 5.76 Å². The summed E-state index contributed by atoms with van der Waals surface area (Å²) in [4.78, 5) is 19.8. The molecule has 0 bridgehead atoms. The summed E-state index contributed by atoms with van der Waals surface area (Å²) in [6.45, 7) is 6.86. The number of aryl methyl sites for hydroxylation is 2. The molecule has 3 rings (SSSR count). The number of nitrogens with zero attached hydrogens (tertiary/aromatic N) is 2. The second-order valence-electron chi connectivity index (χ2n) is 5.89. The molecule has 26 heavy (non-hydrogen) atoms. The molecule has 5 nitrogen and oxygen atoms in total. The maximum absolute atomic E-state index is 12.6. The third-order valence-electron chi connectivity index (χ3n) is 4.03. The van der Waals surface area contributed by atoms with Crippen molar-refractivity contribution in [3.8, 4) is 11.5 Å². The summed E-state index contributed by atoms with van der Waals surface area (Å²) in [5, 5.41) is 2.94. The lowest BCUT2D eigenvalue weighted by molar-refractivity contribution is 0.212. The van der Waals surface area contributed by atoms with Crippen LogP contribution >= 0.6 is 22.9 Å². The van der Waals surface area contributed by atoms with Crippen molar-refractivity contribution in [3.05, 3.63) is 57.1 Å². The van der Waals surface area contributed by atoms with Gasteiger partial charge in [-0.3, -0.25) is 0 Å². The molecular formula is C19H20ClN3O2S. The molecule has 0 saturated carbocycles. The Balaban J connectivity index is 1.73. The molecule has 2 heterocycles. The summed E-state index contributed by atoms with van der Waals surface area (Å²) in [7, 11) is 0. The standard InChI is InChI=1S/C19H20ClN3O2S/c1-4-23(11-16-8-9-17(20)26-16)19(24)22-15-7-5-6-14(10-15)18-21-12(2)13(3)25-18/h5-10H,4,11H2,1-3H3,(H,22,24). The minimum absolute atomic E-state index is 0.158. The van der Waals surface area contributed by atoms with E-state index in [0.29, 0.717) is 24.7 Å². The maximum atomic E-state index is 12.6. The van der Waals surface area contributed by atoms with E-state index >= 15 is 0 Å². The Morgan fingerprint density at radius 3 is 2.73 bits per heavy atom. The van der Waals surface area contributed by atoms with E-state index in [1.807, 2.05) is 57.2 Å². The van der Waals surface area contributed by atoms with E-state index in [1.165, 1.54) is 11.3 Å². The first-order valence-electron chi connectivity index (χ1n) is 8.31. The van der Waals surface area contributed by atoms with Crippen molar-refractivity contribution in [1.82, 2.24) is 9.88 Å². The van der Waals surface area contributed by atoms with Gasteiger partial charge < -0.3 is 14.6 Å². The van der Waals surface area contributed by atoms with Crippen LogP contribution in [-0.2, 0) is 6.54 Å². The number of benzene rings is 1. The minimum Gasteiger partial charge on any atom is -0.441 e. The Morgan fingerprint density at radius 2 is 2.12 bits per heavy atom. The number of amides is 2. The Bertz CT molecular complexity index is 900. The lowest BCUT2D eigenvalue weighted by atomic mass is 10.2. The van der Waals surface area contributed by atoms with Crippen molar-refractivity contribution in [2.75, 3.05) is 11.9 Å². The van der Waals surface area contributed by atoms with Crippen LogP contribution in [0.4, 0.5) is 10.5 Å². The predicted molar refractivity (Wildman–Crippen MR) is 106 cm³/mol. The molecular weight excluding hydrogens is 370 g/mol. The largest absolute Gasteiger partial charge is 0.441 e. The predicted octanol–water partition coefficient (Wildman–Crippen LogP) is 5.73. The number of aromatic nitrogens is 1. The van der Waals surface area contributed by atoms with Gasteiger partial charge in [0.25, 0.3) is 0 Å². The molecule has 0 spiro atoms. The van der Waals surface area contributed by atoms with Gasteiger partial charge in [-0.05, 0) is 51.1 Å². The van der Waals surface area contributed by atoms with Gasteiger partial charge in [0.2, 0.25) is 5.89 Å². The van der Waals surface area contributed by atoms with Gasteiger partial charge in [-0.1, -0.05) is 17.7 Å². The van der Waals surface area contributed by atoms with Gasteiger partial charge in [-0.2, -0.15) is 0 Å². The number of oxazole rings is 1. The van der Waals surface area contributed by atoms with Crippen LogP contribution < -0.4 is 5.32 Å². The van der Waals surface area contributed by atoms with Crippen LogP contribution in [0.3, 0.4) is 0 Å². The molecule has 0 unspecified atom stereocenters. The fourth-order valence-electron chi connectivity index (χ4n) is 2.48. The molecule has 2 aromatic heterocycles. The van der Waals surface area contributed by atoms with E-state index in [4.69, 9.17) is 16.0 Å². The molecule has 0 radical (unpaired) electrons. The van der Waals surface area contributed by atoms with Crippen LogP contribution in [0.15, 0.2) is 40.8 Å². The molecule has 1 aromatic carbocycles. The molecule has 0 aliphatic heterocycles. The Kier molecular flexibility index (Phi) is 5.64. The van der Waals surface area contributed by atoms with Crippen molar-refractivity contribution >= 4 is 34.7 Å². The van der Waals surface area contributed by atoms with Crippen molar-refractivity contribution in [3.63, 3.8) is 0 Å². The van der Waals surface area contributed by atoms with E-state index in [2.05, 4.69) is 10.3 Å². The van der Waals surface area contributed by atoms with E-state index < -0.39 is 0 Å². The Hall–Kier alpha value is -2.31. The van der Waals surface area contributed by atoms with Gasteiger partial charge in [-0.15, -0.1) is 11.3 Å². The number of urea groups is 1. The lowest BCUT2D eigenvalue weighted by Crippen LogP contribution is -2.34. The summed E-state index contributed by atoms with van der Waals surface area (Å²) >= 11 is 7.45. The maximum Gasteiger partial charge on any atom is 0.322 e. The fourth-order valence-corrected chi connectivity index (χ4v) is 3.58. The first-order valence-corrected chi connectivity index (χ1v) is 9.50. The number of halogens is 1. The highest BCUT2D eigenvalue weighted by Gasteiger charge is 2.15. The average molecular weight is 390 g/mol. The van der Waals surface area contributed by atoms with Crippen molar-refractivity contribution in [2.24, 2.45) is 0 Å². The molecule has 0 fully saturated rings. The highest BCUT2D eigenvalue weighted by atomic mass is 35.5. The smallest absolute Gasteiger partial charge is 0.322 e. The van der Waals surface area contributed by atoms with Crippen molar-refractivity contribution in [1.29, 1.82) is 0 Å². The van der Waals surface area contributed by atoms with E-state index in [0.717, 1.165) is 26.2 Å². The van der Waals surface area contributed by atoms with Crippen molar-refractivity contribution in [2.45, 2.75) is 27.3 Å². The number of anilines is 1. The van der Waals surface area contributed by atoms with Gasteiger partial charge >= 0.3 is 6.03 Å². The first-order chi connectivity index (χ1) is 12.5. The van der Waals surface area contributed by atoms with Gasteiger partial charge in [0, 0.05) is 22.7 Å². The van der Waals surface area contributed by atoms with E-state index in [1.54, 1.807) is 4.90 Å². The van der Waals surface area contributed by atoms with Gasteiger partial charge in [0.05, 0.1) is 16.6 Å². The molecule has 3 aromatic rings. The number of hydrogen-bond donors (Lipinski definition) is 1.